The molecule has 0 fully saturated rings. The first kappa shape index (κ1) is 9.64. The lowest BCUT2D eigenvalue weighted by Gasteiger charge is -2.02. The van der Waals surface area contributed by atoms with Crippen LogP contribution in [-0.4, -0.2) is 15.0 Å². The van der Waals surface area contributed by atoms with E-state index < -0.39 is 0 Å². The first-order valence-electron chi connectivity index (χ1n) is 4.59. The molecule has 1 aromatic heterocycles. The summed E-state index contributed by atoms with van der Waals surface area (Å²) in [6.45, 7) is 0.583. The molecule has 1 N–H and O–H groups in total. The average molecular weight is 206 g/mol. The van der Waals surface area contributed by atoms with Crippen LogP contribution in [0.4, 0.5) is 10.1 Å². The molecular formula is C10H11FN4. The zero-order valence-electron chi connectivity index (χ0n) is 8.31. The molecule has 0 saturated heterocycles. The van der Waals surface area contributed by atoms with Gasteiger partial charge in [-0.05, 0) is 24.3 Å². The van der Waals surface area contributed by atoms with Gasteiger partial charge in [0.25, 0.3) is 0 Å². The van der Waals surface area contributed by atoms with Crippen molar-refractivity contribution in [2.24, 2.45) is 7.05 Å². The molecule has 1 heterocycles. The molecule has 0 aliphatic carbocycles. The van der Waals surface area contributed by atoms with Crippen molar-refractivity contribution in [3.63, 3.8) is 0 Å². The third-order valence-corrected chi connectivity index (χ3v) is 1.97. The van der Waals surface area contributed by atoms with Gasteiger partial charge in [0.2, 0.25) is 0 Å². The van der Waals surface area contributed by atoms with Gasteiger partial charge >= 0.3 is 0 Å². The minimum absolute atomic E-state index is 0.236. The third kappa shape index (κ3) is 2.52. The molecule has 4 nitrogen and oxygen atoms in total. The van der Waals surface area contributed by atoms with Gasteiger partial charge in [0, 0.05) is 18.9 Å². The van der Waals surface area contributed by atoms with Crippen molar-refractivity contribution in [2.75, 3.05) is 5.32 Å². The Kier molecular flexibility index (Phi) is 2.62. The van der Waals surface area contributed by atoms with Gasteiger partial charge in [-0.3, -0.25) is 4.68 Å². The van der Waals surface area contributed by atoms with E-state index in [1.54, 1.807) is 16.8 Å². The van der Waals surface area contributed by atoms with Crippen LogP contribution in [0.25, 0.3) is 0 Å². The van der Waals surface area contributed by atoms with Crippen LogP contribution in [-0.2, 0) is 13.6 Å². The van der Waals surface area contributed by atoms with Gasteiger partial charge in [0.05, 0.1) is 6.54 Å². The SMILES string of the molecule is Cn1cc(CNc2ccc(F)cc2)nn1. The van der Waals surface area contributed by atoms with E-state index in [1.807, 2.05) is 13.2 Å². The fourth-order valence-electron chi connectivity index (χ4n) is 1.24. The van der Waals surface area contributed by atoms with Crippen LogP contribution < -0.4 is 5.32 Å². The monoisotopic (exact) mass is 206 g/mol. The zero-order valence-corrected chi connectivity index (χ0v) is 8.31. The van der Waals surface area contributed by atoms with E-state index in [9.17, 15) is 4.39 Å². The van der Waals surface area contributed by atoms with Crippen molar-refractivity contribution in [1.82, 2.24) is 15.0 Å². The highest BCUT2D eigenvalue weighted by molar-refractivity contribution is 5.42. The highest BCUT2D eigenvalue weighted by Crippen LogP contribution is 2.09. The number of rotatable bonds is 3. The number of hydrogen-bond acceptors (Lipinski definition) is 3. The fraction of sp³-hybridized carbons (Fsp3) is 0.200. The number of hydrogen-bond donors (Lipinski definition) is 1. The number of anilines is 1. The van der Waals surface area contributed by atoms with Crippen molar-refractivity contribution >= 4 is 5.69 Å². The first-order valence-corrected chi connectivity index (χ1v) is 4.59. The highest BCUT2D eigenvalue weighted by Gasteiger charge is 1.98. The van der Waals surface area contributed by atoms with Crippen LogP contribution in [0.5, 0.6) is 0 Å². The summed E-state index contributed by atoms with van der Waals surface area (Å²) in [6.07, 6.45) is 1.83. The van der Waals surface area contributed by atoms with Gasteiger partial charge in [-0.1, -0.05) is 5.21 Å². The minimum atomic E-state index is -0.236. The molecular weight excluding hydrogens is 195 g/mol. The minimum Gasteiger partial charge on any atom is -0.379 e. The lowest BCUT2D eigenvalue weighted by atomic mass is 10.3. The van der Waals surface area contributed by atoms with Crippen molar-refractivity contribution < 1.29 is 4.39 Å². The van der Waals surface area contributed by atoms with Gasteiger partial charge in [-0.25, -0.2) is 4.39 Å². The second kappa shape index (κ2) is 4.08. The molecule has 78 valence electrons. The van der Waals surface area contributed by atoms with Gasteiger partial charge < -0.3 is 5.32 Å². The quantitative estimate of drug-likeness (QED) is 0.828. The summed E-state index contributed by atoms with van der Waals surface area (Å²) in [4.78, 5) is 0. The summed E-state index contributed by atoms with van der Waals surface area (Å²) in [6, 6.07) is 6.20. The summed E-state index contributed by atoms with van der Waals surface area (Å²) in [7, 11) is 1.81. The van der Waals surface area contributed by atoms with Gasteiger partial charge in [-0.2, -0.15) is 0 Å². The zero-order chi connectivity index (χ0) is 10.7. The molecule has 0 amide bonds. The Hall–Kier alpha value is -1.91. The fourth-order valence-corrected chi connectivity index (χ4v) is 1.24. The van der Waals surface area contributed by atoms with Gasteiger partial charge in [0.1, 0.15) is 11.5 Å². The lowest BCUT2D eigenvalue weighted by Crippen LogP contribution is -1.99. The van der Waals surface area contributed by atoms with Crippen LogP contribution in [0.2, 0.25) is 0 Å². The van der Waals surface area contributed by atoms with E-state index in [0.29, 0.717) is 6.54 Å². The highest BCUT2D eigenvalue weighted by atomic mass is 19.1. The maximum Gasteiger partial charge on any atom is 0.123 e. The Bertz CT molecular complexity index is 435. The third-order valence-electron chi connectivity index (χ3n) is 1.97. The normalized spacial score (nSPS) is 10.3. The number of benzene rings is 1. The van der Waals surface area contributed by atoms with Gasteiger partial charge in [0.15, 0.2) is 0 Å². The standard InChI is InChI=1S/C10H11FN4/c1-15-7-10(13-14-15)6-12-9-4-2-8(11)3-5-9/h2-5,7,12H,6H2,1H3. The Labute approximate surface area is 86.7 Å². The predicted molar refractivity (Wildman–Crippen MR) is 54.7 cm³/mol. The summed E-state index contributed by atoms with van der Waals surface area (Å²) in [5.74, 6) is -0.236. The summed E-state index contributed by atoms with van der Waals surface area (Å²) in [5.41, 5.74) is 1.71. The van der Waals surface area contributed by atoms with Crippen molar-refractivity contribution in [1.29, 1.82) is 0 Å². The van der Waals surface area contributed by atoms with E-state index >= 15 is 0 Å². The Morgan fingerprint density at radius 2 is 2.07 bits per heavy atom. The molecule has 0 unspecified atom stereocenters. The van der Waals surface area contributed by atoms with Crippen molar-refractivity contribution in [3.05, 3.63) is 42.0 Å². The Morgan fingerprint density at radius 1 is 1.33 bits per heavy atom. The second-order valence-corrected chi connectivity index (χ2v) is 3.24. The first-order chi connectivity index (χ1) is 7.24. The van der Waals surface area contributed by atoms with Crippen LogP contribution in [0.15, 0.2) is 30.5 Å². The number of halogens is 1. The maximum absolute atomic E-state index is 12.6. The second-order valence-electron chi connectivity index (χ2n) is 3.24. The summed E-state index contributed by atoms with van der Waals surface area (Å²) >= 11 is 0. The molecule has 0 saturated carbocycles. The molecule has 0 radical (unpaired) electrons. The van der Waals surface area contributed by atoms with E-state index in [0.717, 1.165) is 11.4 Å². The summed E-state index contributed by atoms with van der Waals surface area (Å²) < 4.78 is 14.2. The van der Waals surface area contributed by atoms with E-state index in [-0.39, 0.29) is 5.82 Å². The topological polar surface area (TPSA) is 42.7 Å². The molecule has 0 atom stereocenters. The van der Waals surface area contributed by atoms with Crippen molar-refractivity contribution in [3.8, 4) is 0 Å². The van der Waals surface area contributed by atoms with Crippen LogP contribution in [0.3, 0.4) is 0 Å². The molecule has 2 aromatic rings. The molecule has 0 aliphatic heterocycles. The Morgan fingerprint density at radius 3 is 2.67 bits per heavy atom. The molecule has 0 spiro atoms. The lowest BCUT2D eigenvalue weighted by molar-refractivity contribution is 0.628. The van der Waals surface area contributed by atoms with Gasteiger partial charge in [-0.15, -0.1) is 5.10 Å². The number of nitrogens with one attached hydrogen (secondary N) is 1. The molecule has 0 aliphatic rings. The van der Waals surface area contributed by atoms with Crippen molar-refractivity contribution in [2.45, 2.75) is 6.54 Å². The smallest absolute Gasteiger partial charge is 0.123 e. The molecule has 0 bridgehead atoms. The molecule has 2 rings (SSSR count). The Balaban J connectivity index is 1.96. The molecule has 1 aromatic carbocycles. The van der Waals surface area contributed by atoms with Crippen LogP contribution in [0, 0.1) is 5.82 Å². The van der Waals surface area contributed by atoms with E-state index in [2.05, 4.69) is 15.6 Å². The number of nitrogens with zero attached hydrogens (tertiary/aromatic N) is 3. The average Bonchev–Trinajstić information content (AvgIpc) is 2.64. The molecule has 15 heavy (non-hydrogen) atoms. The van der Waals surface area contributed by atoms with Crippen LogP contribution >= 0.6 is 0 Å². The van der Waals surface area contributed by atoms with Crippen LogP contribution in [0.1, 0.15) is 5.69 Å². The van der Waals surface area contributed by atoms with E-state index in [4.69, 9.17) is 0 Å². The number of aryl methyl sites for hydroxylation is 1. The maximum atomic E-state index is 12.6. The predicted octanol–water partition coefficient (Wildman–Crippen LogP) is 1.57. The van der Waals surface area contributed by atoms with E-state index in [1.165, 1.54) is 12.1 Å². The molecule has 5 heteroatoms. The number of aromatic nitrogens is 3. The largest absolute Gasteiger partial charge is 0.379 e. The summed E-state index contributed by atoms with van der Waals surface area (Å²) in [5, 5.41) is 10.9.